The van der Waals surface area contributed by atoms with Gasteiger partial charge in [0.15, 0.2) is 0 Å². The lowest BCUT2D eigenvalue weighted by atomic mass is 9.95. The summed E-state index contributed by atoms with van der Waals surface area (Å²) < 4.78 is 20.6. The lowest BCUT2D eigenvalue weighted by molar-refractivity contribution is -0.0451. The quantitative estimate of drug-likeness (QED) is 0.404. The highest BCUT2D eigenvalue weighted by molar-refractivity contribution is 7.85. The van der Waals surface area contributed by atoms with Gasteiger partial charge < -0.3 is 9.53 Å². The predicted octanol–water partition coefficient (Wildman–Crippen LogP) is 7.17. The maximum absolute atomic E-state index is 13.6. The lowest BCUT2D eigenvalue weighted by Crippen LogP contribution is -2.51. The fourth-order valence-electron chi connectivity index (χ4n) is 4.86. The van der Waals surface area contributed by atoms with Crippen LogP contribution in [-0.4, -0.2) is 23.2 Å². The summed E-state index contributed by atoms with van der Waals surface area (Å²) in [5.74, 6) is 0. The van der Waals surface area contributed by atoms with Gasteiger partial charge in [0.1, 0.15) is 0 Å². The standard InChI is InChI=1S/C26H40O3SSi/c1-18(2)31(19(3)4,20(5)6)29-25(26(8,9)27)23-12-10-11-13-24(23)30(28)22-16-14-21(7)15-17-22/h10-20,25,27H,1-9H3/t25-,30?/m0/s1. The lowest BCUT2D eigenvalue weighted by Gasteiger charge is -2.47. The fourth-order valence-corrected chi connectivity index (χ4v) is 11.7. The van der Waals surface area contributed by atoms with Crippen molar-refractivity contribution in [2.24, 2.45) is 0 Å². The number of hydrogen-bond donors (Lipinski definition) is 1. The van der Waals surface area contributed by atoms with Gasteiger partial charge in [0.05, 0.1) is 22.5 Å². The van der Waals surface area contributed by atoms with Gasteiger partial charge in [0.2, 0.25) is 8.32 Å². The van der Waals surface area contributed by atoms with Crippen LogP contribution in [0.2, 0.25) is 16.6 Å². The van der Waals surface area contributed by atoms with Gasteiger partial charge in [-0.2, -0.15) is 0 Å². The number of hydrogen-bond acceptors (Lipinski definition) is 3. The van der Waals surface area contributed by atoms with Gasteiger partial charge in [-0.05, 0) is 61.2 Å². The molecule has 0 aliphatic heterocycles. The average Bonchev–Trinajstić information content (AvgIpc) is 2.67. The molecular formula is C26H40O3SSi. The minimum absolute atomic E-state index is 0.382. The van der Waals surface area contributed by atoms with Crippen LogP contribution in [0.5, 0.6) is 0 Å². The molecule has 0 radical (unpaired) electrons. The Morgan fingerprint density at radius 2 is 1.35 bits per heavy atom. The van der Waals surface area contributed by atoms with Crippen LogP contribution in [0.25, 0.3) is 0 Å². The van der Waals surface area contributed by atoms with Crippen LogP contribution < -0.4 is 0 Å². The third kappa shape index (κ3) is 5.56. The van der Waals surface area contributed by atoms with Gasteiger partial charge in [0.25, 0.3) is 0 Å². The first-order valence-corrected chi connectivity index (χ1v) is 14.6. The molecule has 1 unspecified atom stereocenters. The minimum Gasteiger partial charge on any atom is -0.406 e. The zero-order valence-electron chi connectivity index (χ0n) is 20.6. The van der Waals surface area contributed by atoms with Crippen LogP contribution in [0, 0.1) is 6.92 Å². The van der Waals surface area contributed by atoms with Crippen LogP contribution >= 0.6 is 0 Å². The van der Waals surface area contributed by atoms with E-state index in [2.05, 4.69) is 41.5 Å². The van der Waals surface area contributed by atoms with Gasteiger partial charge in [-0.1, -0.05) is 77.4 Å². The Labute approximate surface area is 192 Å². The molecule has 0 aromatic heterocycles. The Hall–Kier alpha value is -1.27. The molecule has 31 heavy (non-hydrogen) atoms. The summed E-state index contributed by atoms with van der Waals surface area (Å²) in [6.07, 6.45) is -0.558. The van der Waals surface area contributed by atoms with Crippen molar-refractivity contribution in [3.8, 4) is 0 Å². The van der Waals surface area contributed by atoms with Crippen molar-refractivity contribution in [3.05, 3.63) is 59.7 Å². The fraction of sp³-hybridized carbons (Fsp3) is 0.538. The van der Waals surface area contributed by atoms with Gasteiger partial charge in [0, 0.05) is 9.79 Å². The van der Waals surface area contributed by atoms with E-state index in [-0.39, 0.29) is 0 Å². The largest absolute Gasteiger partial charge is 0.406 e. The SMILES string of the molecule is Cc1ccc(S(=O)c2ccccc2[C@H](O[Si](C(C)C)(C(C)C)C(C)C)C(C)(C)O)cc1. The Kier molecular flexibility index (Phi) is 8.48. The van der Waals surface area contributed by atoms with Gasteiger partial charge in [-0.15, -0.1) is 0 Å². The van der Waals surface area contributed by atoms with E-state index >= 15 is 0 Å². The molecule has 0 saturated heterocycles. The third-order valence-electron chi connectivity index (χ3n) is 6.31. The molecule has 3 nitrogen and oxygen atoms in total. The molecule has 2 aromatic rings. The molecule has 0 spiro atoms. The Morgan fingerprint density at radius 3 is 1.81 bits per heavy atom. The molecule has 0 aliphatic carbocycles. The highest BCUT2D eigenvalue weighted by Gasteiger charge is 2.49. The molecule has 1 N–H and O–H groups in total. The summed E-state index contributed by atoms with van der Waals surface area (Å²) in [7, 11) is -3.64. The van der Waals surface area contributed by atoms with Crippen molar-refractivity contribution in [2.75, 3.05) is 0 Å². The summed E-state index contributed by atoms with van der Waals surface area (Å²) in [4.78, 5) is 1.46. The molecular weight excluding hydrogens is 420 g/mol. The van der Waals surface area contributed by atoms with Gasteiger partial charge >= 0.3 is 0 Å². The monoisotopic (exact) mass is 460 g/mol. The Bertz CT molecular complexity index is 860. The molecule has 2 atom stereocenters. The molecule has 172 valence electrons. The van der Waals surface area contributed by atoms with Crippen LogP contribution in [0.15, 0.2) is 58.3 Å². The topological polar surface area (TPSA) is 46.5 Å². The second kappa shape index (κ2) is 10.1. The molecule has 2 rings (SSSR count). The van der Waals surface area contributed by atoms with Crippen molar-refractivity contribution in [2.45, 2.75) is 100 Å². The number of aliphatic hydroxyl groups is 1. The Morgan fingerprint density at radius 1 is 0.871 bits per heavy atom. The molecule has 2 aromatic carbocycles. The van der Waals surface area contributed by atoms with Crippen molar-refractivity contribution >= 4 is 19.1 Å². The van der Waals surface area contributed by atoms with E-state index in [0.29, 0.717) is 21.5 Å². The van der Waals surface area contributed by atoms with Crippen LogP contribution in [0.1, 0.15) is 72.6 Å². The molecule has 0 saturated carbocycles. The van der Waals surface area contributed by atoms with Crippen molar-refractivity contribution in [3.63, 3.8) is 0 Å². The summed E-state index contributed by atoms with van der Waals surface area (Å²) in [6, 6.07) is 15.5. The minimum atomic E-state index is -2.29. The first kappa shape index (κ1) is 26.0. The highest BCUT2D eigenvalue weighted by atomic mass is 32.2. The molecule has 0 aliphatic rings. The maximum Gasteiger partial charge on any atom is 0.201 e. The van der Waals surface area contributed by atoms with Crippen molar-refractivity contribution in [1.82, 2.24) is 0 Å². The third-order valence-corrected chi connectivity index (χ3v) is 13.8. The molecule has 0 amide bonds. The van der Waals surface area contributed by atoms with E-state index in [0.717, 1.165) is 16.0 Å². The van der Waals surface area contributed by atoms with Gasteiger partial charge in [-0.3, -0.25) is 0 Å². The van der Waals surface area contributed by atoms with E-state index in [1.165, 1.54) is 0 Å². The summed E-state index contributed by atoms with van der Waals surface area (Å²) >= 11 is 0. The highest BCUT2D eigenvalue weighted by Crippen LogP contribution is 2.48. The normalized spacial score (nSPS) is 15.0. The second-order valence-corrected chi connectivity index (χ2v) is 16.9. The molecule has 0 heterocycles. The summed E-state index contributed by atoms with van der Waals surface area (Å²) in [6.45, 7) is 19.1. The second-order valence-electron chi connectivity index (χ2n) is 10.1. The van der Waals surface area contributed by atoms with Crippen molar-refractivity contribution < 1.29 is 13.7 Å². The number of rotatable bonds is 9. The van der Waals surface area contributed by atoms with E-state index in [1.54, 1.807) is 13.8 Å². The first-order chi connectivity index (χ1) is 14.3. The Balaban J connectivity index is 2.63. The molecule has 0 bridgehead atoms. The van der Waals surface area contributed by atoms with E-state index < -0.39 is 30.8 Å². The van der Waals surface area contributed by atoms with Crippen molar-refractivity contribution in [1.29, 1.82) is 0 Å². The van der Waals surface area contributed by atoms with Crippen LogP contribution in [0.4, 0.5) is 0 Å². The summed E-state index contributed by atoms with van der Waals surface area (Å²) in [5, 5.41) is 11.3. The van der Waals surface area contributed by atoms with Crippen LogP contribution in [-0.2, 0) is 15.2 Å². The zero-order valence-corrected chi connectivity index (χ0v) is 22.4. The predicted molar refractivity (Wildman–Crippen MR) is 133 cm³/mol. The van der Waals surface area contributed by atoms with E-state index in [1.807, 2.05) is 55.5 Å². The van der Waals surface area contributed by atoms with Crippen LogP contribution in [0.3, 0.4) is 0 Å². The molecule has 0 fully saturated rings. The van der Waals surface area contributed by atoms with E-state index in [9.17, 15) is 9.32 Å². The van der Waals surface area contributed by atoms with Gasteiger partial charge in [-0.25, -0.2) is 4.21 Å². The van der Waals surface area contributed by atoms with E-state index in [4.69, 9.17) is 4.43 Å². The maximum atomic E-state index is 13.6. The smallest absolute Gasteiger partial charge is 0.201 e. The zero-order chi connectivity index (χ0) is 23.6. The average molecular weight is 461 g/mol. The molecule has 5 heteroatoms. The first-order valence-electron chi connectivity index (χ1n) is 11.3. The number of aryl methyl sites for hydroxylation is 1. The number of benzene rings is 2. The summed E-state index contributed by atoms with van der Waals surface area (Å²) in [5.41, 5.74) is 1.97.